The average molecular weight is 345 g/mol. The second kappa shape index (κ2) is 6.42. The topological polar surface area (TPSA) is 71.3 Å². The normalized spacial score (nSPS) is 27.2. The zero-order chi connectivity index (χ0) is 17.6. The number of aromatic nitrogens is 3. The standard InChI is InChI=1S/C18H27N5O2/c1-12-19-13(2)23(20-12)16-4-3-7-21(11-16)18(25)15-8-17(24)22(10-15)9-14-5-6-14/h14-16H,3-11H2,1-2H3. The molecule has 3 heterocycles. The molecule has 1 aromatic rings. The van der Waals surface area contributed by atoms with Gasteiger partial charge in [-0.2, -0.15) is 5.10 Å². The fourth-order valence-electron chi connectivity index (χ4n) is 4.22. The van der Waals surface area contributed by atoms with Crippen LogP contribution in [-0.2, 0) is 9.59 Å². The van der Waals surface area contributed by atoms with Crippen LogP contribution in [0.15, 0.2) is 0 Å². The molecule has 2 atom stereocenters. The van der Waals surface area contributed by atoms with Crippen molar-refractivity contribution in [1.82, 2.24) is 24.6 Å². The fraction of sp³-hybridized carbons (Fsp3) is 0.778. The van der Waals surface area contributed by atoms with E-state index in [0.717, 1.165) is 37.6 Å². The van der Waals surface area contributed by atoms with Crippen molar-refractivity contribution in [2.24, 2.45) is 11.8 Å². The number of likely N-dealkylation sites (tertiary alicyclic amines) is 2. The van der Waals surface area contributed by atoms with E-state index in [2.05, 4.69) is 10.1 Å². The molecule has 0 bridgehead atoms. The van der Waals surface area contributed by atoms with Gasteiger partial charge in [0, 0.05) is 32.6 Å². The summed E-state index contributed by atoms with van der Waals surface area (Å²) < 4.78 is 1.97. The van der Waals surface area contributed by atoms with Crippen LogP contribution in [-0.4, -0.2) is 62.6 Å². The van der Waals surface area contributed by atoms with Crippen LogP contribution in [0, 0.1) is 25.7 Å². The van der Waals surface area contributed by atoms with Gasteiger partial charge in [-0.25, -0.2) is 9.67 Å². The molecule has 0 N–H and O–H groups in total. The van der Waals surface area contributed by atoms with Crippen LogP contribution >= 0.6 is 0 Å². The van der Waals surface area contributed by atoms with E-state index in [1.165, 1.54) is 12.8 Å². The molecule has 0 aromatic carbocycles. The van der Waals surface area contributed by atoms with E-state index in [9.17, 15) is 9.59 Å². The van der Waals surface area contributed by atoms with Gasteiger partial charge in [0.05, 0.1) is 12.0 Å². The molecular formula is C18H27N5O2. The largest absolute Gasteiger partial charge is 0.342 e. The summed E-state index contributed by atoms with van der Waals surface area (Å²) in [6.45, 7) is 6.78. The third-order valence-electron chi connectivity index (χ3n) is 5.70. The van der Waals surface area contributed by atoms with Crippen molar-refractivity contribution in [3.8, 4) is 0 Å². The number of carbonyl (C=O) groups excluding carboxylic acids is 2. The number of nitrogens with zero attached hydrogens (tertiary/aromatic N) is 5. The molecule has 7 heteroatoms. The minimum Gasteiger partial charge on any atom is -0.342 e. The van der Waals surface area contributed by atoms with Gasteiger partial charge in [0.25, 0.3) is 0 Å². The third-order valence-corrected chi connectivity index (χ3v) is 5.70. The van der Waals surface area contributed by atoms with Gasteiger partial charge in [-0.1, -0.05) is 0 Å². The Kier molecular flexibility index (Phi) is 4.25. The molecule has 1 saturated carbocycles. The second-order valence-electron chi connectivity index (χ2n) is 7.87. The molecular weight excluding hydrogens is 318 g/mol. The second-order valence-corrected chi connectivity index (χ2v) is 7.87. The van der Waals surface area contributed by atoms with Crippen molar-refractivity contribution >= 4 is 11.8 Å². The maximum Gasteiger partial charge on any atom is 0.228 e. The number of piperidine rings is 1. The highest BCUT2D eigenvalue weighted by atomic mass is 16.2. The summed E-state index contributed by atoms with van der Waals surface area (Å²) in [7, 11) is 0. The summed E-state index contributed by atoms with van der Waals surface area (Å²) in [5.74, 6) is 2.49. The number of hydrogen-bond donors (Lipinski definition) is 0. The first-order valence-corrected chi connectivity index (χ1v) is 9.47. The summed E-state index contributed by atoms with van der Waals surface area (Å²) in [6.07, 6.45) is 4.83. The maximum atomic E-state index is 13.0. The minimum atomic E-state index is -0.163. The molecule has 3 aliphatic rings. The monoisotopic (exact) mass is 345 g/mol. The van der Waals surface area contributed by atoms with Crippen LogP contribution in [0.2, 0.25) is 0 Å². The SMILES string of the molecule is Cc1nc(C)n(C2CCCN(C(=O)C3CC(=O)N(CC4CC4)C3)C2)n1. The third kappa shape index (κ3) is 3.41. The molecule has 4 rings (SSSR count). The molecule has 2 amide bonds. The van der Waals surface area contributed by atoms with Gasteiger partial charge in [0.2, 0.25) is 11.8 Å². The Morgan fingerprint density at radius 1 is 1.20 bits per heavy atom. The Hall–Kier alpha value is -1.92. The van der Waals surface area contributed by atoms with Crippen molar-refractivity contribution in [2.45, 2.75) is 52.0 Å². The molecule has 1 aliphatic carbocycles. The Morgan fingerprint density at radius 2 is 2.00 bits per heavy atom. The van der Waals surface area contributed by atoms with Crippen LogP contribution in [0.3, 0.4) is 0 Å². The van der Waals surface area contributed by atoms with Gasteiger partial charge in [0.1, 0.15) is 11.6 Å². The van der Waals surface area contributed by atoms with E-state index in [-0.39, 0.29) is 23.8 Å². The molecule has 3 fully saturated rings. The van der Waals surface area contributed by atoms with Crippen LogP contribution in [0.4, 0.5) is 0 Å². The van der Waals surface area contributed by atoms with Crippen LogP contribution in [0.25, 0.3) is 0 Å². The van der Waals surface area contributed by atoms with Gasteiger partial charge in [0.15, 0.2) is 0 Å². The molecule has 2 saturated heterocycles. The Balaban J connectivity index is 1.40. The maximum absolute atomic E-state index is 13.0. The summed E-state index contributed by atoms with van der Waals surface area (Å²) in [6, 6.07) is 0.193. The number of amides is 2. The Morgan fingerprint density at radius 3 is 2.68 bits per heavy atom. The summed E-state index contributed by atoms with van der Waals surface area (Å²) >= 11 is 0. The molecule has 1 aromatic heterocycles. The molecule has 25 heavy (non-hydrogen) atoms. The van der Waals surface area contributed by atoms with Crippen molar-refractivity contribution in [3.63, 3.8) is 0 Å². The zero-order valence-electron chi connectivity index (χ0n) is 15.1. The predicted molar refractivity (Wildman–Crippen MR) is 91.8 cm³/mol. The quantitative estimate of drug-likeness (QED) is 0.825. The lowest BCUT2D eigenvalue weighted by Gasteiger charge is -2.34. The smallest absolute Gasteiger partial charge is 0.228 e. The van der Waals surface area contributed by atoms with Crippen molar-refractivity contribution in [3.05, 3.63) is 11.6 Å². The Labute approximate surface area is 148 Å². The summed E-state index contributed by atoms with van der Waals surface area (Å²) in [5, 5.41) is 4.49. The molecule has 136 valence electrons. The van der Waals surface area contributed by atoms with E-state index >= 15 is 0 Å². The highest BCUT2D eigenvalue weighted by Crippen LogP contribution is 2.33. The summed E-state index contributed by atoms with van der Waals surface area (Å²) in [5.41, 5.74) is 0. The predicted octanol–water partition coefficient (Wildman–Crippen LogP) is 1.32. The van der Waals surface area contributed by atoms with E-state index in [1.807, 2.05) is 28.3 Å². The van der Waals surface area contributed by atoms with Crippen LogP contribution < -0.4 is 0 Å². The molecule has 0 radical (unpaired) electrons. The number of carbonyl (C=O) groups is 2. The number of aryl methyl sites for hydroxylation is 2. The minimum absolute atomic E-state index is 0.144. The first kappa shape index (κ1) is 16.5. The molecule has 2 unspecified atom stereocenters. The first-order chi connectivity index (χ1) is 12.0. The van der Waals surface area contributed by atoms with Gasteiger partial charge < -0.3 is 9.80 Å². The van der Waals surface area contributed by atoms with E-state index in [0.29, 0.717) is 25.4 Å². The van der Waals surface area contributed by atoms with Crippen LogP contribution in [0.5, 0.6) is 0 Å². The van der Waals surface area contributed by atoms with Crippen molar-refractivity contribution in [1.29, 1.82) is 0 Å². The molecule has 0 spiro atoms. The summed E-state index contributed by atoms with van der Waals surface area (Å²) in [4.78, 5) is 33.4. The highest BCUT2D eigenvalue weighted by molar-refractivity contribution is 5.89. The lowest BCUT2D eigenvalue weighted by molar-refractivity contribution is -0.137. The average Bonchev–Trinajstić information content (AvgIpc) is 3.24. The van der Waals surface area contributed by atoms with Gasteiger partial charge >= 0.3 is 0 Å². The first-order valence-electron chi connectivity index (χ1n) is 9.47. The van der Waals surface area contributed by atoms with E-state index in [1.54, 1.807) is 0 Å². The van der Waals surface area contributed by atoms with E-state index in [4.69, 9.17) is 0 Å². The van der Waals surface area contributed by atoms with Gasteiger partial charge in [-0.05, 0) is 45.4 Å². The zero-order valence-corrected chi connectivity index (χ0v) is 15.1. The lowest BCUT2D eigenvalue weighted by atomic mass is 10.0. The molecule has 2 aliphatic heterocycles. The van der Waals surface area contributed by atoms with Crippen molar-refractivity contribution in [2.75, 3.05) is 26.2 Å². The van der Waals surface area contributed by atoms with E-state index < -0.39 is 0 Å². The lowest BCUT2D eigenvalue weighted by Crippen LogP contribution is -2.44. The highest BCUT2D eigenvalue weighted by Gasteiger charge is 2.39. The Bertz CT molecular complexity index is 681. The fourth-order valence-corrected chi connectivity index (χ4v) is 4.22. The van der Waals surface area contributed by atoms with Crippen LogP contribution in [0.1, 0.15) is 49.8 Å². The number of hydrogen-bond acceptors (Lipinski definition) is 4. The number of rotatable bonds is 4. The molecule has 7 nitrogen and oxygen atoms in total. The van der Waals surface area contributed by atoms with Gasteiger partial charge in [-0.15, -0.1) is 0 Å². The van der Waals surface area contributed by atoms with Crippen molar-refractivity contribution < 1.29 is 9.59 Å². The van der Waals surface area contributed by atoms with Gasteiger partial charge in [-0.3, -0.25) is 9.59 Å².